The number of benzene rings is 1. The van der Waals surface area contributed by atoms with E-state index >= 15 is 0 Å². The van der Waals surface area contributed by atoms with E-state index in [2.05, 4.69) is 15.4 Å². The van der Waals surface area contributed by atoms with Crippen molar-refractivity contribution in [2.75, 3.05) is 5.32 Å². The van der Waals surface area contributed by atoms with E-state index in [1.54, 1.807) is 24.5 Å². The van der Waals surface area contributed by atoms with Crippen LogP contribution in [0.15, 0.2) is 61.1 Å². The van der Waals surface area contributed by atoms with Crippen molar-refractivity contribution in [3.63, 3.8) is 0 Å². The highest BCUT2D eigenvalue weighted by Crippen LogP contribution is 2.27. The van der Waals surface area contributed by atoms with Crippen LogP contribution in [0.25, 0.3) is 5.69 Å². The number of carbonyl (C=O) groups is 1. The Morgan fingerprint density at radius 1 is 1.00 bits per heavy atom. The average molecular weight is 332 g/mol. The van der Waals surface area contributed by atoms with Gasteiger partial charge in [0, 0.05) is 29.8 Å². The molecule has 0 bridgehead atoms. The number of nitrogens with zero attached hydrogens (tertiary/aromatic N) is 3. The third-order valence-electron chi connectivity index (χ3n) is 3.21. The van der Waals surface area contributed by atoms with E-state index in [0.29, 0.717) is 16.9 Å². The molecule has 0 fully saturated rings. The second kappa shape index (κ2) is 6.15. The van der Waals surface area contributed by atoms with Crippen LogP contribution in [-0.2, 0) is 6.18 Å². The van der Waals surface area contributed by atoms with Crippen molar-refractivity contribution in [2.45, 2.75) is 6.18 Å². The standard InChI is InChI=1S/C16H11F3N4O/c17-16(18,19)14-7-10-23(22-14)13-3-1-11(2-4-13)15(24)21-12-5-8-20-9-6-12/h1-10H,(H,20,21,24). The van der Waals surface area contributed by atoms with Crippen LogP contribution in [0.1, 0.15) is 16.1 Å². The zero-order chi connectivity index (χ0) is 17.2. The van der Waals surface area contributed by atoms with Crippen LogP contribution in [0.2, 0.25) is 0 Å². The van der Waals surface area contributed by atoms with Crippen LogP contribution in [0.5, 0.6) is 0 Å². The lowest BCUT2D eigenvalue weighted by Crippen LogP contribution is -2.12. The van der Waals surface area contributed by atoms with Crippen LogP contribution < -0.4 is 5.32 Å². The van der Waals surface area contributed by atoms with Gasteiger partial charge in [0.25, 0.3) is 5.91 Å². The van der Waals surface area contributed by atoms with Gasteiger partial charge < -0.3 is 5.32 Å². The van der Waals surface area contributed by atoms with E-state index in [1.807, 2.05) is 0 Å². The topological polar surface area (TPSA) is 59.8 Å². The highest BCUT2D eigenvalue weighted by molar-refractivity contribution is 6.04. The van der Waals surface area contributed by atoms with Crippen LogP contribution in [0.4, 0.5) is 18.9 Å². The Morgan fingerprint density at radius 3 is 2.25 bits per heavy atom. The summed E-state index contributed by atoms with van der Waals surface area (Å²) in [5.74, 6) is -0.329. The van der Waals surface area contributed by atoms with E-state index in [9.17, 15) is 18.0 Å². The summed E-state index contributed by atoms with van der Waals surface area (Å²) in [6.07, 6.45) is -0.173. The maximum Gasteiger partial charge on any atom is 0.435 e. The van der Waals surface area contributed by atoms with Gasteiger partial charge in [0.15, 0.2) is 5.69 Å². The quantitative estimate of drug-likeness (QED) is 0.798. The third kappa shape index (κ3) is 3.43. The van der Waals surface area contributed by atoms with Crippen LogP contribution in [-0.4, -0.2) is 20.7 Å². The number of nitrogens with one attached hydrogen (secondary N) is 1. The predicted molar refractivity (Wildman–Crippen MR) is 80.8 cm³/mol. The molecule has 2 heterocycles. The molecule has 3 aromatic rings. The first kappa shape index (κ1) is 15.7. The van der Waals surface area contributed by atoms with Crippen molar-refractivity contribution in [3.05, 3.63) is 72.3 Å². The number of anilines is 1. The van der Waals surface area contributed by atoms with Gasteiger partial charge in [0.2, 0.25) is 0 Å². The molecule has 122 valence electrons. The summed E-state index contributed by atoms with van der Waals surface area (Å²) in [4.78, 5) is 15.9. The fraction of sp³-hybridized carbons (Fsp3) is 0.0625. The Morgan fingerprint density at radius 2 is 1.67 bits per heavy atom. The van der Waals surface area contributed by atoms with Gasteiger partial charge in [-0.2, -0.15) is 18.3 Å². The molecule has 1 aromatic carbocycles. The van der Waals surface area contributed by atoms with Crippen LogP contribution in [0, 0.1) is 0 Å². The van der Waals surface area contributed by atoms with Gasteiger partial charge >= 0.3 is 6.18 Å². The lowest BCUT2D eigenvalue weighted by atomic mass is 10.2. The first-order chi connectivity index (χ1) is 11.4. The van der Waals surface area contributed by atoms with Gasteiger partial charge in [-0.3, -0.25) is 9.78 Å². The Hall–Kier alpha value is -3.16. The zero-order valence-corrected chi connectivity index (χ0v) is 12.2. The van der Waals surface area contributed by atoms with Gasteiger partial charge in [0.05, 0.1) is 5.69 Å². The summed E-state index contributed by atoms with van der Waals surface area (Å²) in [5, 5.41) is 6.17. The third-order valence-corrected chi connectivity index (χ3v) is 3.21. The number of alkyl halides is 3. The molecule has 8 heteroatoms. The first-order valence-corrected chi connectivity index (χ1v) is 6.88. The molecule has 0 unspecified atom stereocenters. The van der Waals surface area contributed by atoms with E-state index in [0.717, 1.165) is 10.7 Å². The molecule has 3 rings (SSSR count). The second-order valence-corrected chi connectivity index (χ2v) is 4.88. The molecule has 0 saturated heterocycles. The molecule has 24 heavy (non-hydrogen) atoms. The molecule has 5 nitrogen and oxygen atoms in total. The SMILES string of the molecule is O=C(Nc1ccncc1)c1ccc(-n2ccc(C(F)(F)F)n2)cc1. The second-order valence-electron chi connectivity index (χ2n) is 4.88. The number of halogens is 3. The predicted octanol–water partition coefficient (Wildman–Crippen LogP) is 3.54. The van der Waals surface area contributed by atoms with Gasteiger partial charge in [-0.15, -0.1) is 0 Å². The van der Waals surface area contributed by atoms with E-state index in [4.69, 9.17) is 0 Å². The Bertz CT molecular complexity index is 842. The molecule has 0 saturated carbocycles. The van der Waals surface area contributed by atoms with Crippen molar-refractivity contribution in [3.8, 4) is 5.69 Å². The van der Waals surface area contributed by atoms with Crippen molar-refractivity contribution in [1.29, 1.82) is 0 Å². The largest absolute Gasteiger partial charge is 0.435 e. The molecule has 1 amide bonds. The lowest BCUT2D eigenvalue weighted by molar-refractivity contribution is -0.141. The van der Waals surface area contributed by atoms with Gasteiger partial charge in [-0.1, -0.05) is 0 Å². The number of rotatable bonds is 3. The number of amides is 1. The molecule has 0 aliphatic carbocycles. The van der Waals surface area contributed by atoms with Crippen LogP contribution >= 0.6 is 0 Å². The van der Waals surface area contributed by atoms with Crippen molar-refractivity contribution >= 4 is 11.6 Å². The number of hydrogen-bond donors (Lipinski definition) is 1. The molecule has 0 aliphatic heterocycles. The van der Waals surface area contributed by atoms with E-state index in [-0.39, 0.29) is 5.91 Å². The minimum Gasteiger partial charge on any atom is -0.322 e. The monoisotopic (exact) mass is 332 g/mol. The molecule has 0 atom stereocenters. The minimum absolute atomic E-state index is 0.329. The normalized spacial score (nSPS) is 11.3. The number of hydrogen-bond acceptors (Lipinski definition) is 3. The van der Waals surface area contributed by atoms with Crippen LogP contribution in [0.3, 0.4) is 0 Å². The summed E-state index contributed by atoms with van der Waals surface area (Å²) in [6.45, 7) is 0. The summed E-state index contributed by atoms with van der Waals surface area (Å²) in [5.41, 5.74) is 0.424. The highest BCUT2D eigenvalue weighted by atomic mass is 19.4. The summed E-state index contributed by atoms with van der Waals surface area (Å²) < 4.78 is 38.8. The molecular formula is C16H11F3N4O. The lowest BCUT2D eigenvalue weighted by Gasteiger charge is -2.06. The van der Waals surface area contributed by atoms with Crippen molar-refractivity contribution in [2.24, 2.45) is 0 Å². The first-order valence-electron chi connectivity index (χ1n) is 6.88. The Balaban J connectivity index is 1.76. The maximum absolute atomic E-state index is 12.6. The van der Waals surface area contributed by atoms with E-state index < -0.39 is 11.9 Å². The minimum atomic E-state index is -4.49. The Labute approximate surface area is 134 Å². The van der Waals surface area contributed by atoms with E-state index in [1.165, 1.54) is 30.5 Å². The molecular weight excluding hydrogens is 321 g/mol. The number of aromatic nitrogens is 3. The zero-order valence-electron chi connectivity index (χ0n) is 12.2. The molecule has 1 N–H and O–H groups in total. The number of carbonyl (C=O) groups excluding carboxylic acids is 1. The van der Waals surface area contributed by atoms with Crippen molar-refractivity contribution < 1.29 is 18.0 Å². The smallest absolute Gasteiger partial charge is 0.322 e. The fourth-order valence-electron chi connectivity index (χ4n) is 2.02. The van der Waals surface area contributed by atoms with Gasteiger partial charge in [-0.25, -0.2) is 4.68 Å². The highest BCUT2D eigenvalue weighted by Gasteiger charge is 2.33. The summed E-state index contributed by atoms with van der Waals surface area (Å²) >= 11 is 0. The molecule has 0 aliphatic rings. The maximum atomic E-state index is 12.6. The average Bonchev–Trinajstić information content (AvgIpc) is 3.06. The number of pyridine rings is 1. The molecule has 2 aromatic heterocycles. The Kier molecular flexibility index (Phi) is 4.03. The summed E-state index contributed by atoms with van der Waals surface area (Å²) in [6, 6.07) is 10.3. The summed E-state index contributed by atoms with van der Waals surface area (Å²) in [7, 11) is 0. The fourth-order valence-corrected chi connectivity index (χ4v) is 2.02. The molecule has 0 radical (unpaired) electrons. The van der Waals surface area contributed by atoms with Crippen molar-refractivity contribution in [1.82, 2.24) is 14.8 Å². The van der Waals surface area contributed by atoms with Gasteiger partial charge in [0.1, 0.15) is 0 Å². The molecule has 0 spiro atoms. The van der Waals surface area contributed by atoms with Gasteiger partial charge in [-0.05, 0) is 42.5 Å².